The molecule has 142 valence electrons. The summed E-state index contributed by atoms with van der Waals surface area (Å²) in [7, 11) is 0. The minimum absolute atomic E-state index is 0.0114. The lowest BCUT2D eigenvalue weighted by molar-refractivity contribution is 0.110. The van der Waals surface area contributed by atoms with Crippen LogP contribution < -0.4 is 10.9 Å². The largest absolute Gasteiger partial charge is 0.317 e. The maximum Gasteiger partial charge on any atom is 0.258 e. The van der Waals surface area contributed by atoms with Crippen LogP contribution in [0.25, 0.3) is 10.9 Å². The van der Waals surface area contributed by atoms with E-state index in [1.807, 2.05) is 38.1 Å². The molecule has 3 heterocycles. The van der Waals surface area contributed by atoms with Crippen LogP contribution in [0.4, 0.5) is 0 Å². The molecule has 5 nitrogen and oxygen atoms in total. The van der Waals surface area contributed by atoms with Crippen molar-refractivity contribution in [1.82, 2.24) is 20.2 Å². The maximum absolute atomic E-state index is 12.2. The fraction of sp³-hybridized carbons (Fsp3) is 0.619. The lowest BCUT2D eigenvalue weighted by Crippen LogP contribution is -2.46. The molecule has 0 amide bonds. The number of para-hydroxylation sites is 1. The number of H-pyrrole nitrogens is 1. The molecule has 2 aliphatic rings. The molecular formula is C21H32N4O. The van der Waals surface area contributed by atoms with E-state index in [0.717, 1.165) is 36.9 Å². The number of rotatable bonds is 3. The standard InChI is InChI=1S/C19H26N4O.C2H6/c24-19-16-3-1-2-4-17(16)21-18(22-19)13-14-7-11-23(12-8-14)15-5-9-20-10-6-15;1-2/h1-4,14-15,20H,5-13H2,(H,21,22,24);1-2H3. The van der Waals surface area contributed by atoms with Gasteiger partial charge in [-0.25, -0.2) is 4.98 Å². The number of piperidine rings is 2. The molecule has 2 aromatic rings. The smallest absolute Gasteiger partial charge is 0.258 e. The Morgan fingerprint density at radius 2 is 1.77 bits per heavy atom. The van der Waals surface area contributed by atoms with Gasteiger partial charge < -0.3 is 15.2 Å². The number of nitrogens with zero attached hydrogens (tertiary/aromatic N) is 2. The van der Waals surface area contributed by atoms with Crippen molar-refractivity contribution in [3.8, 4) is 0 Å². The number of aromatic nitrogens is 2. The molecule has 4 rings (SSSR count). The van der Waals surface area contributed by atoms with Gasteiger partial charge in [-0.1, -0.05) is 26.0 Å². The molecule has 1 aromatic heterocycles. The minimum atomic E-state index is -0.0114. The molecule has 1 aromatic carbocycles. The van der Waals surface area contributed by atoms with E-state index in [9.17, 15) is 4.79 Å². The quantitative estimate of drug-likeness (QED) is 0.888. The Kier molecular flexibility index (Phi) is 6.80. The number of nitrogens with one attached hydrogen (secondary N) is 2. The summed E-state index contributed by atoms with van der Waals surface area (Å²) in [5.74, 6) is 1.48. The number of aromatic amines is 1. The molecule has 0 unspecified atom stereocenters. The highest BCUT2D eigenvalue weighted by atomic mass is 16.1. The van der Waals surface area contributed by atoms with Crippen LogP contribution in [0.2, 0.25) is 0 Å². The molecule has 2 N–H and O–H groups in total. The van der Waals surface area contributed by atoms with E-state index in [1.165, 1.54) is 38.8 Å². The first-order valence-corrected chi connectivity index (χ1v) is 10.2. The zero-order valence-electron chi connectivity index (χ0n) is 16.1. The van der Waals surface area contributed by atoms with Gasteiger partial charge >= 0.3 is 0 Å². The highest BCUT2D eigenvalue weighted by Crippen LogP contribution is 2.24. The molecule has 2 saturated heterocycles. The van der Waals surface area contributed by atoms with Crippen LogP contribution in [0, 0.1) is 5.92 Å². The van der Waals surface area contributed by atoms with Gasteiger partial charge in [0.25, 0.3) is 5.56 Å². The molecular weight excluding hydrogens is 324 g/mol. The lowest BCUT2D eigenvalue weighted by atomic mass is 9.91. The molecule has 0 aliphatic carbocycles. The molecule has 26 heavy (non-hydrogen) atoms. The van der Waals surface area contributed by atoms with Crippen LogP contribution in [0.1, 0.15) is 45.4 Å². The second kappa shape index (κ2) is 9.28. The molecule has 0 radical (unpaired) electrons. The fourth-order valence-corrected chi connectivity index (χ4v) is 4.20. The molecule has 0 saturated carbocycles. The third-order valence-corrected chi connectivity index (χ3v) is 5.62. The molecule has 0 spiro atoms. The normalized spacial score (nSPS) is 19.9. The topological polar surface area (TPSA) is 61.0 Å². The van der Waals surface area contributed by atoms with Crippen molar-refractivity contribution in [2.45, 2.75) is 52.0 Å². The van der Waals surface area contributed by atoms with E-state index in [1.54, 1.807) is 0 Å². The molecule has 5 heteroatoms. The van der Waals surface area contributed by atoms with E-state index in [-0.39, 0.29) is 5.56 Å². The number of hydrogen-bond acceptors (Lipinski definition) is 4. The average Bonchev–Trinajstić information content (AvgIpc) is 2.71. The second-order valence-corrected chi connectivity index (χ2v) is 7.19. The molecule has 0 bridgehead atoms. The summed E-state index contributed by atoms with van der Waals surface area (Å²) in [6, 6.07) is 8.35. The van der Waals surface area contributed by atoms with Crippen molar-refractivity contribution in [3.05, 3.63) is 40.4 Å². The zero-order chi connectivity index (χ0) is 18.4. The third-order valence-electron chi connectivity index (χ3n) is 5.62. The maximum atomic E-state index is 12.2. The van der Waals surface area contributed by atoms with Crippen molar-refractivity contribution in [2.24, 2.45) is 5.92 Å². The molecule has 2 aliphatic heterocycles. The Morgan fingerprint density at radius 1 is 1.08 bits per heavy atom. The fourth-order valence-electron chi connectivity index (χ4n) is 4.20. The Morgan fingerprint density at radius 3 is 2.50 bits per heavy atom. The lowest BCUT2D eigenvalue weighted by Gasteiger charge is -2.39. The average molecular weight is 357 g/mol. The predicted molar refractivity (Wildman–Crippen MR) is 108 cm³/mol. The van der Waals surface area contributed by atoms with Gasteiger partial charge in [0.05, 0.1) is 10.9 Å². The van der Waals surface area contributed by atoms with Gasteiger partial charge in [-0.15, -0.1) is 0 Å². The summed E-state index contributed by atoms with van der Waals surface area (Å²) >= 11 is 0. The Bertz CT molecular complexity index is 743. The van der Waals surface area contributed by atoms with Gasteiger partial charge in [0.1, 0.15) is 5.82 Å². The Hall–Kier alpha value is -1.72. The summed E-state index contributed by atoms with van der Waals surface area (Å²) in [6.45, 7) is 8.69. The number of hydrogen-bond donors (Lipinski definition) is 2. The monoisotopic (exact) mass is 356 g/mol. The number of fused-ring (bicyclic) bond motifs is 1. The summed E-state index contributed by atoms with van der Waals surface area (Å²) in [4.78, 5) is 22.5. The summed E-state index contributed by atoms with van der Waals surface area (Å²) in [6.07, 6.45) is 5.87. The number of benzene rings is 1. The van der Waals surface area contributed by atoms with Crippen LogP contribution >= 0.6 is 0 Å². The van der Waals surface area contributed by atoms with E-state index in [4.69, 9.17) is 0 Å². The molecule has 2 fully saturated rings. The van der Waals surface area contributed by atoms with Gasteiger partial charge in [0.15, 0.2) is 0 Å². The van der Waals surface area contributed by atoms with Crippen molar-refractivity contribution >= 4 is 10.9 Å². The van der Waals surface area contributed by atoms with Crippen LogP contribution in [-0.2, 0) is 6.42 Å². The highest BCUT2D eigenvalue weighted by Gasteiger charge is 2.26. The van der Waals surface area contributed by atoms with Crippen molar-refractivity contribution in [3.63, 3.8) is 0 Å². The highest BCUT2D eigenvalue weighted by molar-refractivity contribution is 5.77. The molecule has 0 atom stereocenters. The van der Waals surface area contributed by atoms with Crippen molar-refractivity contribution in [1.29, 1.82) is 0 Å². The van der Waals surface area contributed by atoms with Crippen LogP contribution in [0.3, 0.4) is 0 Å². The first-order valence-electron chi connectivity index (χ1n) is 10.2. The van der Waals surface area contributed by atoms with Crippen LogP contribution in [-0.4, -0.2) is 47.1 Å². The number of likely N-dealkylation sites (tertiary alicyclic amines) is 1. The van der Waals surface area contributed by atoms with Crippen LogP contribution in [0.15, 0.2) is 29.1 Å². The van der Waals surface area contributed by atoms with Crippen molar-refractivity contribution in [2.75, 3.05) is 26.2 Å². The summed E-state index contributed by atoms with van der Waals surface area (Å²) in [5.41, 5.74) is 0.797. The zero-order valence-corrected chi connectivity index (χ0v) is 16.1. The Balaban J connectivity index is 0.000000948. The SMILES string of the molecule is CC.O=c1[nH]c(CC2CCN(C3CCNCC3)CC2)nc2ccccc12. The first-order chi connectivity index (χ1) is 12.8. The van der Waals surface area contributed by atoms with Gasteiger partial charge in [0.2, 0.25) is 0 Å². The Labute approximate surface area is 156 Å². The van der Waals surface area contributed by atoms with Gasteiger partial charge in [0, 0.05) is 12.5 Å². The second-order valence-electron chi connectivity index (χ2n) is 7.19. The van der Waals surface area contributed by atoms with Crippen LogP contribution in [0.5, 0.6) is 0 Å². The van der Waals surface area contributed by atoms with Gasteiger partial charge in [-0.2, -0.15) is 0 Å². The van der Waals surface area contributed by atoms with E-state index < -0.39 is 0 Å². The van der Waals surface area contributed by atoms with E-state index in [2.05, 4.69) is 20.2 Å². The predicted octanol–water partition coefficient (Wildman–Crippen LogP) is 2.96. The minimum Gasteiger partial charge on any atom is -0.317 e. The third kappa shape index (κ3) is 4.51. The van der Waals surface area contributed by atoms with E-state index >= 15 is 0 Å². The first kappa shape index (κ1) is 19.1. The van der Waals surface area contributed by atoms with E-state index in [0.29, 0.717) is 11.3 Å². The summed E-state index contributed by atoms with van der Waals surface area (Å²) < 4.78 is 0. The van der Waals surface area contributed by atoms with Gasteiger partial charge in [-0.05, 0) is 69.9 Å². The summed E-state index contributed by atoms with van der Waals surface area (Å²) in [5, 5.41) is 4.13. The van der Waals surface area contributed by atoms with Crippen molar-refractivity contribution < 1.29 is 0 Å². The van der Waals surface area contributed by atoms with Gasteiger partial charge in [-0.3, -0.25) is 4.79 Å².